The van der Waals surface area contributed by atoms with Crippen LogP contribution in [0.4, 0.5) is 5.69 Å². The first-order valence-corrected chi connectivity index (χ1v) is 7.60. The lowest BCUT2D eigenvalue weighted by atomic mass is 10.2. The number of nitro groups is 1. The first-order valence-electron chi connectivity index (χ1n) is 6.11. The molecule has 23 heavy (non-hydrogen) atoms. The van der Waals surface area contributed by atoms with Crippen molar-refractivity contribution in [2.75, 3.05) is 0 Å². The van der Waals surface area contributed by atoms with E-state index in [1.807, 2.05) is 4.83 Å². The van der Waals surface area contributed by atoms with Crippen molar-refractivity contribution in [1.29, 1.82) is 0 Å². The van der Waals surface area contributed by atoms with Crippen molar-refractivity contribution in [3.8, 4) is 11.5 Å². The highest BCUT2D eigenvalue weighted by atomic mass is 32.2. The van der Waals surface area contributed by atoms with Crippen LogP contribution in [0.1, 0.15) is 5.56 Å². The van der Waals surface area contributed by atoms with Crippen LogP contribution in [-0.4, -0.2) is 29.8 Å². The van der Waals surface area contributed by atoms with E-state index in [2.05, 4.69) is 5.10 Å². The van der Waals surface area contributed by atoms with E-state index in [0.717, 1.165) is 30.5 Å². The van der Waals surface area contributed by atoms with Gasteiger partial charge in [-0.3, -0.25) is 10.1 Å². The van der Waals surface area contributed by atoms with Crippen LogP contribution in [0.3, 0.4) is 0 Å². The lowest BCUT2D eigenvalue weighted by Crippen LogP contribution is -2.18. The van der Waals surface area contributed by atoms with Crippen LogP contribution in [0, 0.1) is 10.1 Å². The van der Waals surface area contributed by atoms with Crippen molar-refractivity contribution in [2.45, 2.75) is 4.90 Å². The first-order chi connectivity index (χ1) is 10.8. The number of phenols is 2. The Morgan fingerprint density at radius 2 is 1.78 bits per heavy atom. The van der Waals surface area contributed by atoms with Crippen molar-refractivity contribution in [3.05, 3.63) is 58.1 Å². The van der Waals surface area contributed by atoms with Crippen LogP contribution in [-0.2, 0) is 10.0 Å². The van der Waals surface area contributed by atoms with Crippen molar-refractivity contribution in [1.82, 2.24) is 4.83 Å². The molecular weight excluding hydrogens is 326 g/mol. The molecule has 0 atom stereocenters. The maximum absolute atomic E-state index is 11.9. The number of hydrogen-bond donors (Lipinski definition) is 3. The number of nitrogens with zero attached hydrogens (tertiary/aromatic N) is 2. The molecule has 2 rings (SSSR count). The topological polar surface area (TPSA) is 142 Å². The summed E-state index contributed by atoms with van der Waals surface area (Å²) in [6, 6.07) is 8.37. The molecule has 0 heterocycles. The summed E-state index contributed by atoms with van der Waals surface area (Å²) in [6.45, 7) is 0. The normalized spacial score (nSPS) is 11.5. The molecule has 0 radical (unpaired) electrons. The molecule has 0 aromatic heterocycles. The van der Waals surface area contributed by atoms with Gasteiger partial charge in [-0.05, 0) is 24.3 Å². The fourth-order valence-corrected chi connectivity index (χ4v) is 2.41. The summed E-state index contributed by atoms with van der Waals surface area (Å²) in [4.78, 5) is 11.6. The van der Waals surface area contributed by atoms with Crippen molar-refractivity contribution in [3.63, 3.8) is 0 Å². The van der Waals surface area contributed by atoms with Gasteiger partial charge in [-0.15, -0.1) is 0 Å². The summed E-state index contributed by atoms with van der Waals surface area (Å²) in [6.07, 6.45) is 1.01. The summed E-state index contributed by atoms with van der Waals surface area (Å²) < 4.78 is 23.9. The van der Waals surface area contributed by atoms with Crippen LogP contribution in [0.15, 0.2) is 52.5 Å². The van der Waals surface area contributed by atoms with Gasteiger partial charge in [0.25, 0.3) is 15.7 Å². The molecule has 3 N–H and O–H groups in total. The molecule has 0 aliphatic carbocycles. The molecule has 120 valence electrons. The molecule has 0 saturated heterocycles. The molecule has 0 unspecified atom stereocenters. The van der Waals surface area contributed by atoms with E-state index in [9.17, 15) is 28.7 Å². The summed E-state index contributed by atoms with van der Waals surface area (Å²) in [5.41, 5.74) is -0.131. The van der Waals surface area contributed by atoms with Gasteiger partial charge in [0.1, 0.15) is 0 Å². The SMILES string of the molecule is O=[N+]([O-])c1ccc(S(=O)(=O)N/N=C/c2cccc(O)c2O)cc1. The van der Waals surface area contributed by atoms with Crippen LogP contribution >= 0.6 is 0 Å². The molecule has 0 fully saturated rings. The van der Waals surface area contributed by atoms with Gasteiger partial charge in [0.15, 0.2) is 11.5 Å². The second kappa shape index (κ2) is 6.32. The van der Waals surface area contributed by atoms with Crippen LogP contribution in [0.5, 0.6) is 11.5 Å². The highest BCUT2D eigenvalue weighted by molar-refractivity contribution is 7.89. The molecule has 10 heteroatoms. The van der Waals surface area contributed by atoms with Gasteiger partial charge in [-0.1, -0.05) is 6.07 Å². The summed E-state index contributed by atoms with van der Waals surface area (Å²) in [5.74, 6) is -0.807. The van der Waals surface area contributed by atoms with Crippen molar-refractivity contribution in [2.24, 2.45) is 5.10 Å². The quantitative estimate of drug-likeness (QED) is 0.325. The van der Waals surface area contributed by atoms with Crippen LogP contribution in [0.2, 0.25) is 0 Å². The van der Waals surface area contributed by atoms with Gasteiger partial charge < -0.3 is 10.2 Å². The largest absolute Gasteiger partial charge is 0.504 e. The summed E-state index contributed by atoms with van der Waals surface area (Å²) in [5, 5.41) is 32.9. The number of hydrogen-bond acceptors (Lipinski definition) is 7. The Hall–Kier alpha value is -3.14. The number of hydrazone groups is 1. The van der Waals surface area contributed by atoms with E-state index in [4.69, 9.17) is 0 Å². The summed E-state index contributed by atoms with van der Waals surface area (Å²) in [7, 11) is -4.01. The Labute approximate surface area is 130 Å². The Morgan fingerprint density at radius 3 is 2.39 bits per heavy atom. The third-order valence-electron chi connectivity index (χ3n) is 2.78. The van der Waals surface area contributed by atoms with Gasteiger partial charge in [0.05, 0.1) is 16.0 Å². The van der Waals surface area contributed by atoms with E-state index in [1.54, 1.807) is 0 Å². The van der Waals surface area contributed by atoms with Crippen LogP contribution in [0.25, 0.3) is 0 Å². The Balaban J connectivity index is 2.16. The minimum Gasteiger partial charge on any atom is -0.504 e. The molecule has 0 spiro atoms. The zero-order valence-corrected chi connectivity index (χ0v) is 12.3. The molecule has 2 aromatic rings. The standard InChI is InChI=1S/C13H11N3O6S/c17-12-3-1-2-9(13(12)18)8-14-15-23(21,22)11-6-4-10(5-7-11)16(19)20/h1-8,15,17-18H/b14-8+. The minimum atomic E-state index is -4.01. The second-order valence-corrected chi connectivity index (χ2v) is 5.98. The molecule has 0 bridgehead atoms. The fourth-order valence-electron chi connectivity index (χ4n) is 1.62. The minimum absolute atomic E-state index is 0.108. The highest BCUT2D eigenvalue weighted by Gasteiger charge is 2.14. The summed E-state index contributed by atoms with van der Waals surface area (Å²) >= 11 is 0. The molecule has 2 aromatic carbocycles. The number of phenolic OH excluding ortho intramolecular Hbond substituents is 2. The van der Waals surface area contributed by atoms with Crippen molar-refractivity contribution < 1.29 is 23.6 Å². The van der Waals surface area contributed by atoms with Crippen LogP contribution < -0.4 is 4.83 Å². The Kier molecular flexibility index (Phi) is 4.46. The van der Waals surface area contributed by atoms with E-state index in [-0.39, 0.29) is 21.9 Å². The number of aromatic hydroxyl groups is 2. The number of benzene rings is 2. The predicted molar refractivity (Wildman–Crippen MR) is 80.8 cm³/mol. The molecular formula is C13H11N3O6S. The zero-order valence-electron chi connectivity index (χ0n) is 11.4. The number of nitro benzene ring substituents is 1. The first kappa shape index (κ1) is 16.2. The molecule has 0 aliphatic heterocycles. The van der Waals surface area contributed by atoms with E-state index < -0.39 is 20.7 Å². The number of non-ortho nitro benzene ring substituents is 1. The number of rotatable bonds is 5. The van der Waals surface area contributed by atoms with Crippen molar-refractivity contribution >= 4 is 21.9 Å². The van der Waals surface area contributed by atoms with E-state index >= 15 is 0 Å². The average Bonchev–Trinajstić information content (AvgIpc) is 2.51. The number of para-hydroxylation sites is 1. The Morgan fingerprint density at radius 1 is 1.13 bits per heavy atom. The van der Waals surface area contributed by atoms with Gasteiger partial charge in [0, 0.05) is 17.7 Å². The molecule has 0 amide bonds. The number of nitrogens with one attached hydrogen (secondary N) is 1. The maximum atomic E-state index is 11.9. The smallest absolute Gasteiger partial charge is 0.276 e. The Bertz CT molecular complexity index is 862. The highest BCUT2D eigenvalue weighted by Crippen LogP contribution is 2.26. The van der Waals surface area contributed by atoms with Gasteiger partial charge >= 0.3 is 0 Å². The van der Waals surface area contributed by atoms with E-state index in [0.29, 0.717) is 0 Å². The second-order valence-electron chi connectivity index (χ2n) is 4.32. The lowest BCUT2D eigenvalue weighted by molar-refractivity contribution is -0.384. The monoisotopic (exact) mass is 337 g/mol. The average molecular weight is 337 g/mol. The van der Waals surface area contributed by atoms with Gasteiger partial charge in [-0.2, -0.15) is 13.5 Å². The van der Waals surface area contributed by atoms with E-state index in [1.165, 1.54) is 18.2 Å². The number of sulfonamides is 1. The third kappa shape index (κ3) is 3.74. The lowest BCUT2D eigenvalue weighted by Gasteiger charge is -2.03. The molecule has 0 saturated carbocycles. The van der Waals surface area contributed by atoms with Gasteiger partial charge in [-0.25, -0.2) is 4.83 Å². The maximum Gasteiger partial charge on any atom is 0.276 e. The molecule has 0 aliphatic rings. The van der Waals surface area contributed by atoms with Gasteiger partial charge in [0.2, 0.25) is 0 Å². The fraction of sp³-hybridized carbons (Fsp3) is 0. The third-order valence-corrected chi connectivity index (χ3v) is 4.02. The predicted octanol–water partition coefficient (Wildman–Crippen LogP) is 1.32. The zero-order chi connectivity index (χ0) is 17.0. The molecule has 9 nitrogen and oxygen atoms in total.